The van der Waals surface area contributed by atoms with Crippen molar-refractivity contribution in [3.8, 4) is 0 Å². The van der Waals surface area contributed by atoms with E-state index in [0.717, 1.165) is 24.3 Å². The molecule has 0 saturated carbocycles. The number of nitrogens with one attached hydrogen (secondary N) is 1. The summed E-state index contributed by atoms with van der Waals surface area (Å²) in [6, 6.07) is 4.14. The highest BCUT2D eigenvalue weighted by Gasteiger charge is 2.09. The molecule has 3 N–H and O–H groups in total. The standard InChI is InChI=1S/C6H7NO6S2/c8-14(9,10)6-3-1-5(2-4-6)7-15(11,12)13/h1-4,7H,(H,8,9,10)(H,11,12,13). The van der Waals surface area contributed by atoms with Crippen molar-refractivity contribution in [3.63, 3.8) is 0 Å². The lowest BCUT2D eigenvalue weighted by Crippen LogP contribution is -2.10. The number of benzene rings is 1. The molecular weight excluding hydrogens is 246 g/mol. The summed E-state index contributed by atoms with van der Waals surface area (Å²) < 4.78 is 60.6. The monoisotopic (exact) mass is 253 g/mol. The van der Waals surface area contributed by atoms with Crippen molar-refractivity contribution in [2.75, 3.05) is 4.72 Å². The number of anilines is 1. The van der Waals surface area contributed by atoms with Crippen LogP contribution in [0.1, 0.15) is 0 Å². The Hall–Kier alpha value is -1.16. The third kappa shape index (κ3) is 3.83. The molecule has 0 fully saturated rings. The van der Waals surface area contributed by atoms with Gasteiger partial charge in [-0.1, -0.05) is 0 Å². The zero-order valence-corrected chi connectivity index (χ0v) is 8.79. The van der Waals surface area contributed by atoms with Crippen LogP contribution in [0.15, 0.2) is 29.2 Å². The predicted molar refractivity (Wildman–Crippen MR) is 51.4 cm³/mol. The third-order valence-corrected chi connectivity index (χ3v) is 2.76. The Bertz CT molecular complexity index is 544. The second kappa shape index (κ2) is 3.77. The first-order valence-electron chi connectivity index (χ1n) is 3.51. The summed E-state index contributed by atoms with van der Waals surface area (Å²) in [5.74, 6) is 0. The van der Waals surface area contributed by atoms with Gasteiger partial charge >= 0.3 is 10.3 Å². The fourth-order valence-corrected chi connectivity index (χ4v) is 1.76. The van der Waals surface area contributed by atoms with Crippen LogP contribution in [0.4, 0.5) is 5.69 Å². The molecule has 1 aromatic carbocycles. The van der Waals surface area contributed by atoms with Gasteiger partial charge < -0.3 is 0 Å². The molecule has 0 saturated heterocycles. The quantitative estimate of drug-likeness (QED) is 0.659. The van der Waals surface area contributed by atoms with Gasteiger partial charge in [0.2, 0.25) is 0 Å². The Balaban J connectivity index is 3.02. The SMILES string of the molecule is O=S(=O)(O)Nc1ccc(S(=O)(=O)O)cc1. The van der Waals surface area contributed by atoms with E-state index in [1.165, 1.54) is 0 Å². The number of rotatable bonds is 3. The fraction of sp³-hybridized carbons (Fsp3) is 0. The first kappa shape index (κ1) is 11.9. The van der Waals surface area contributed by atoms with E-state index < -0.39 is 20.4 Å². The van der Waals surface area contributed by atoms with Crippen molar-refractivity contribution in [1.82, 2.24) is 0 Å². The summed E-state index contributed by atoms with van der Waals surface area (Å²) in [5, 5.41) is 0. The van der Waals surface area contributed by atoms with E-state index in [1.807, 2.05) is 0 Å². The molecule has 0 spiro atoms. The lowest BCUT2D eigenvalue weighted by Gasteiger charge is -2.02. The van der Waals surface area contributed by atoms with Gasteiger partial charge in [0.15, 0.2) is 0 Å². The van der Waals surface area contributed by atoms with E-state index in [1.54, 1.807) is 4.72 Å². The maximum atomic E-state index is 10.6. The molecule has 0 amide bonds. The highest BCUT2D eigenvalue weighted by molar-refractivity contribution is 7.87. The Labute approximate surface area is 86.4 Å². The Morgan fingerprint density at radius 1 is 0.933 bits per heavy atom. The van der Waals surface area contributed by atoms with Crippen LogP contribution in [0, 0.1) is 0 Å². The van der Waals surface area contributed by atoms with Crippen molar-refractivity contribution in [2.45, 2.75) is 4.90 Å². The molecule has 1 aromatic rings. The molecule has 15 heavy (non-hydrogen) atoms. The Morgan fingerprint density at radius 3 is 1.73 bits per heavy atom. The molecule has 0 atom stereocenters. The summed E-state index contributed by atoms with van der Waals surface area (Å²) >= 11 is 0. The molecule has 0 aliphatic carbocycles. The van der Waals surface area contributed by atoms with E-state index in [0.29, 0.717) is 0 Å². The van der Waals surface area contributed by atoms with Crippen molar-refractivity contribution >= 4 is 26.1 Å². The van der Waals surface area contributed by atoms with Crippen molar-refractivity contribution in [1.29, 1.82) is 0 Å². The minimum absolute atomic E-state index is 0.0232. The average molecular weight is 253 g/mol. The minimum Gasteiger partial charge on any atom is -0.282 e. The zero-order valence-electron chi connectivity index (χ0n) is 7.15. The van der Waals surface area contributed by atoms with Gasteiger partial charge in [-0.2, -0.15) is 16.8 Å². The van der Waals surface area contributed by atoms with Gasteiger partial charge in [-0.3, -0.25) is 13.8 Å². The second-order valence-electron chi connectivity index (χ2n) is 2.58. The molecule has 84 valence electrons. The van der Waals surface area contributed by atoms with Crippen molar-refractivity contribution in [3.05, 3.63) is 24.3 Å². The van der Waals surface area contributed by atoms with E-state index in [4.69, 9.17) is 9.11 Å². The first-order chi connectivity index (χ1) is 6.68. The fourth-order valence-electron chi connectivity index (χ4n) is 0.844. The smallest absolute Gasteiger partial charge is 0.282 e. The first-order valence-corrected chi connectivity index (χ1v) is 6.39. The van der Waals surface area contributed by atoms with Crippen LogP contribution in [0.3, 0.4) is 0 Å². The van der Waals surface area contributed by atoms with Crippen LogP contribution in [-0.2, 0) is 20.4 Å². The van der Waals surface area contributed by atoms with Gasteiger partial charge in [-0.25, -0.2) is 0 Å². The lowest BCUT2D eigenvalue weighted by molar-refractivity contribution is 0.483. The summed E-state index contributed by atoms with van der Waals surface area (Å²) in [6.07, 6.45) is 0. The van der Waals surface area contributed by atoms with Crippen LogP contribution in [0.5, 0.6) is 0 Å². The van der Waals surface area contributed by atoms with Crippen LogP contribution in [0.2, 0.25) is 0 Å². The molecule has 9 heteroatoms. The van der Waals surface area contributed by atoms with Crippen molar-refractivity contribution < 1.29 is 25.9 Å². The largest absolute Gasteiger partial charge is 0.357 e. The highest BCUT2D eigenvalue weighted by Crippen LogP contribution is 2.14. The maximum absolute atomic E-state index is 10.6. The van der Waals surface area contributed by atoms with E-state index >= 15 is 0 Å². The highest BCUT2D eigenvalue weighted by atomic mass is 32.2. The molecule has 0 aliphatic rings. The van der Waals surface area contributed by atoms with Gasteiger partial charge in [0.05, 0.1) is 10.6 Å². The molecule has 0 radical (unpaired) electrons. The van der Waals surface area contributed by atoms with Gasteiger partial charge in [0, 0.05) is 0 Å². The molecule has 0 heterocycles. The van der Waals surface area contributed by atoms with Gasteiger partial charge in [0.25, 0.3) is 10.1 Å². The molecule has 0 unspecified atom stereocenters. The van der Waals surface area contributed by atoms with Gasteiger partial charge in [-0.05, 0) is 24.3 Å². The topological polar surface area (TPSA) is 121 Å². The summed E-state index contributed by atoms with van der Waals surface area (Å²) in [5.41, 5.74) is -0.0232. The van der Waals surface area contributed by atoms with E-state index in [9.17, 15) is 16.8 Å². The van der Waals surface area contributed by atoms with E-state index in [2.05, 4.69) is 0 Å². The normalized spacial score (nSPS) is 12.4. The number of hydrogen-bond acceptors (Lipinski definition) is 4. The molecule has 0 bridgehead atoms. The van der Waals surface area contributed by atoms with Crippen LogP contribution >= 0.6 is 0 Å². The van der Waals surface area contributed by atoms with Crippen LogP contribution < -0.4 is 4.72 Å². The Kier molecular flexibility index (Phi) is 3.00. The summed E-state index contributed by atoms with van der Waals surface area (Å²) in [4.78, 5) is -0.372. The van der Waals surface area contributed by atoms with Crippen LogP contribution in [-0.4, -0.2) is 25.9 Å². The van der Waals surface area contributed by atoms with Crippen molar-refractivity contribution in [2.24, 2.45) is 0 Å². The molecule has 0 aliphatic heterocycles. The third-order valence-electron chi connectivity index (χ3n) is 1.40. The predicted octanol–water partition coefficient (Wildman–Crippen LogP) is 0.148. The zero-order chi connectivity index (χ0) is 11.7. The summed E-state index contributed by atoms with van der Waals surface area (Å²) in [7, 11) is -8.69. The van der Waals surface area contributed by atoms with Gasteiger partial charge in [-0.15, -0.1) is 0 Å². The number of hydrogen-bond donors (Lipinski definition) is 3. The average Bonchev–Trinajstić information content (AvgIpc) is 2.00. The van der Waals surface area contributed by atoms with Crippen LogP contribution in [0.25, 0.3) is 0 Å². The maximum Gasteiger partial charge on any atom is 0.357 e. The summed E-state index contributed by atoms with van der Waals surface area (Å²) in [6.45, 7) is 0. The second-order valence-corrected chi connectivity index (χ2v) is 5.15. The van der Waals surface area contributed by atoms with E-state index in [-0.39, 0.29) is 10.6 Å². The minimum atomic E-state index is -4.39. The molecule has 0 aromatic heterocycles. The lowest BCUT2D eigenvalue weighted by atomic mass is 10.3. The Morgan fingerprint density at radius 2 is 1.40 bits per heavy atom. The molecule has 7 nitrogen and oxygen atoms in total. The molecular formula is C6H7NO6S2. The molecule has 1 rings (SSSR count). The van der Waals surface area contributed by atoms with Gasteiger partial charge in [0.1, 0.15) is 0 Å².